The maximum absolute atomic E-state index is 12.3. The van der Waals surface area contributed by atoms with Crippen molar-refractivity contribution in [1.82, 2.24) is 15.5 Å². The fraction of sp³-hybridized carbons (Fsp3) is 0.524. The van der Waals surface area contributed by atoms with E-state index < -0.39 is 6.09 Å². The van der Waals surface area contributed by atoms with Crippen LogP contribution in [0.4, 0.5) is 9.59 Å². The largest absolute Gasteiger partial charge is 0.465 e. The molecule has 2 heterocycles. The molecule has 2 atom stereocenters. The van der Waals surface area contributed by atoms with Gasteiger partial charge in [0.2, 0.25) is 0 Å². The van der Waals surface area contributed by atoms with Crippen LogP contribution >= 0.6 is 22.7 Å². The van der Waals surface area contributed by atoms with Gasteiger partial charge < -0.3 is 20.5 Å². The lowest BCUT2D eigenvalue weighted by atomic mass is 9.99. The molecule has 2 aromatic heterocycles. The Labute approximate surface area is 186 Å². The summed E-state index contributed by atoms with van der Waals surface area (Å²) in [5.74, 6) is 0. The molecule has 0 saturated heterocycles. The molecule has 0 spiro atoms. The van der Waals surface area contributed by atoms with E-state index in [4.69, 9.17) is 4.74 Å². The van der Waals surface area contributed by atoms with Gasteiger partial charge in [-0.3, -0.25) is 4.90 Å². The summed E-state index contributed by atoms with van der Waals surface area (Å²) < 4.78 is 4.97. The number of unbranched alkanes of at least 4 members (excludes halogenated alkanes) is 1. The highest BCUT2D eigenvalue weighted by Crippen LogP contribution is 2.32. The van der Waals surface area contributed by atoms with Crippen LogP contribution in [0, 0.1) is 0 Å². The summed E-state index contributed by atoms with van der Waals surface area (Å²) in [5.41, 5.74) is 0. The number of thiophene rings is 2. The Balaban J connectivity index is 2.17. The van der Waals surface area contributed by atoms with Gasteiger partial charge in [-0.15, -0.1) is 22.7 Å². The highest BCUT2D eigenvalue weighted by atomic mass is 32.1. The molecule has 3 amide bonds. The number of amides is 3. The van der Waals surface area contributed by atoms with Crippen molar-refractivity contribution in [3.63, 3.8) is 0 Å². The number of nitrogens with zero attached hydrogens (tertiary/aromatic N) is 1. The SMILES string of the molecule is CCCC[C@@H](CC(c1cccs1)N(Cc1cccs1)C(=O)O)NC(=O)NCCOC. The standard InChI is InChI=1S/C21H31N3O4S2/c1-3-4-7-16(23-20(25)22-10-11-28-2)14-18(19-9-6-13-30-19)24(21(26)27)15-17-8-5-12-29-17/h5-6,8-9,12-13,16,18H,3-4,7,10-11,14-15H2,1-2H3,(H,26,27)(H2,22,23,25)/t16-,18?/m0/s1. The van der Waals surface area contributed by atoms with Crippen LogP contribution in [-0.2, 0) is 11.3 Å². The number of urea groups is 1. The van der Waals surface area contributed by atoms with E-state index in [1.54, 1.807) is 29.8 Å². The topological polar surface area (TPSA) is 90.9 Å². The van der Waals surface area contributed by atoms with E-state index in [-0.39, 0.29) is 18.1 Å². The quantitative estimate of drug-likeness (QED) is 0.375. The van der Waals surface area contributed by atoms with E-state index in [2.05, 4.69) is 17.6 Å². The molecule has 30 heavy (non-hydrogen) atoms. The van der Waals surface area contributed by atoms with Crippen LogP contribution in [0.1, 0.15) is 48.4 Å². The van der Waals surface area contributed by atoms with Gasteiger partial charge in [0.1, 0.15) is 0 Å². The minimum atomic E-state index is -0.958. The van der Waals surface area contributed by atoms with E-state index in [1.807, 2.05) is 35.0 Å². The summed E-state index contributed by atoms with van der Waals surface area (Å²) in [4.78, 5) is 28.0. The summed E-state index contributed by atoms with van der Waals surface area (Å²) in [5, 5.41) is 19.7. The normalized spacial score (nSPS) is 12.9. The van der Waals surface area contributed by atoms with Crippen molar-refractivity contribution in [2.45, 2.75) is 51.2 Å². The fourth-order valence-electron chi connectivity index (χ4n) is 3.23. The third kappa shape index (κ3) is 7.97. The Morgan fingerprint density at radius 1 is 1.23 bits per heavy atom. The Morgan fingerprint density at radius 2 is 2.00 bits per heavy atom. The smallest absolute Gasteiger partial charge is 0.408 e. The average molecular weight is 454 g/mol. The van der Waals surface area contributed by atoms with E-state index >= 15 is 0 Å². The summed E-state index contributed by atoms with van der Waals surface area (Å²) in [7, 11) is 1.59. The van der Waals surface area contributed by atoms with Gasteiger partial charge in [0.25, 0.3) is 0 Å². The predicted octanol–water partition coefficient (Wildman–Crippen LogP) is 4.93. The second kappa shape index (κ2) is 13.3. The number of nitrogens with one attached hydrogen (secondary N) is 2. The summed E-state index contributed by atoms with van der Waals surface area (Å²) in [6.45, 7) is 3.30. The summed E-state index contributed by atoms with van der Waals surface area (Å²) in [6, 6.07) is 7.06. The first-order valence-corrected chi connectivity index (χ1v) is 11.9. The third-order valence-electron chi connectivity index (χ3n) is 4.74. The molecule has 166 valence electrons. The Hall–Kier alpha value is -2.10. The van der Waals surface area contributed by atoms with Crippen molar-refractivity contribution in [1.29, 1.82) is 0 Å². The summed E-state index contributed by atoms with van der Waals surface area (Å²) in [6.07, 6.45) is 2.32. The molecule has 0 bridgehead atoms. The maximum atomic E-state index is 12.3. The minimum absolute atomic E-state index is 0.134. The van der Waals surface area contributed by atoms with Crippen molar-refractivity contribution in [2.75, 3.05) is 20.3 Å². The molecule has 9 heteroatoms. The minimum Gasteiger partial charge on any atom is -0.465 e. The number of ether oxygens (including phenoxy) is 1. The Morgan fingerprint density at radius 3 is 2.60 bits per heavy atom. The molecular formula is C21H31N3O4S2. The second-order valence-corrected chi connectivity index (χ2v) is 9.00. The molecule has 1 unspecified atom stereocenters. The lowest BCUT2D eigenvalue weighted by Crippen LogP contribution is -2.45. The number of methoxy groups -OCH3 is 1. The number of carbonyl (C=O) groups is 2. The predicted molar refractivity (Wildman–Crippen MR) is 121 cm³/mol. The van der Waals surface area contributed by atoms with Crippen LogP contribution in [0.25, 0.3) is 0 Å². The van der Waals surface area contributed by atoms with Crippen LogP contribution in [0.3, 0.4) is 0 Å². The highest BCUT2D eigenvalue weighted by molar-refractivity contribution is 7.10. The molecule has 3 N–H and O–H groups in total. The lowest BCUT2D eigenvalue weighted by Gasteiger charge is -2.32. The number of rotatable bonds is 13. The molecular weight excluding hydrogens is 422 g/mol. The zero-order valence-corrected chi connectivity index (χ0v) is 19.1. The molecule has 0 aliphatic carbocycles. The molecule has 0 aliphatic heterocycles. The lowest BCUT2D eigenvalue weighted by molar-refractivity contribution is 0.114. The van der Waals surface area contributed by atoms with Crippen LogP contribution < -0.4 is 10.6 Å². The van der Waals surface area contributed by atoms with Gasteiger partial charge in [-0.1, -0.05) is 31.9 Å². The van der Waals surface area contributed by atoms with Crippen LogP contribution in [0.15, 0.2) is 35.0 Å². The van der Waals surface area contributed by atoms with Crippen molar-refractivity contribution in [2.24, 2.45) is 0 Å². The Bertz CT molecular complexity index is 738. The van der Waals surface area contributed by atoms with Crippen LogP contribution in [0.5, 0.6) is 0 Å². The number of hydrogen-bond acceptors (Lipinski definition) is 5. The van der Waals surface area contributed by atoms with E-state index in [1.165, 1.54) is 4.90 Å². The van der Waals surface area contributed by atoms with Crippen molar-refractivity contribution in [3.05, 3.63) is 44.8 Å². The first-order chi connectivity index (χ1) is 14.5. The third-order valence-corrected chi connectivity index (χ3v) is 6.58. The second-order valence-electron chi connectivity index (χ2n) is 6.99. The summed E-state index contributed by atoms with van der Waals surface area (Å²) >= 11 is 3.09. The molecule has 0 radical (unpaired) electrons. The molecule has 0 saturated carbocycles. The van der Waals surface area contributed by atoms with Gasteiger partial charge in [-0.2, -0.15) is 0 Å². The molecule has 7 nitrogen and oxygen atoms in total. The average Bonchev–Trinajstić information content (AvgIpc) is 3.42. The van der Waals surface area contributed by atoms with Crippen molar-refractivity contribution in [3.8, 4) is 0 Å². The monoisotopic (exact) mass is 453 g/mol. The van der Waals surface area contributed by atoms with E-state index in [0.29, 0.717) is 26.1 Å². The molecule has 0 aromatic carbocycles. The van der Waals surface area contributed by atoms with Gasteiger partial charge in [-0.25, -0.2) is 9.59 Å². The fourth-order valence-corrected chi connectivity index (χ4v) is 4.79. The molecule has 0 aliphatic rings. The van der Waals surface area contributed by atoms with Crippen LogP contribution in [-0.4, -0.2) is 48.4 Å². The molecule has 2 rings (SSSR count). The first kappa shape index (κ1) is 24.2. The van der Waals surface area contributed by atoms with Gasteiger partial charge in [0.15, 0.2) is 0 Å². The van der Waals surface area contributed by atoms with Gasteiger partial charge in [-0.05, 0) is 35.7 Å². The zero-order valence-electron chi connectivity index (χ0n) is 17.5. The van der Waals surface area contributed by atoms with Crippen LogP contribution in [0.2, 0.25) is 0 Å². The number of carboxylic acid groups (broad SMARTS) is 1. The first-order valence-electron chi connectivity index (χ1n) is 10.1. The van der Waals surface area contributed by atoms with Gasteiger partial charge in [0.05, 0.1) is 19.2 Å². The van der Waals surface area contributed by atoms with Gasteiger partial charge in [0, 0.05) is 29.5 Å². The highest BCUT2D eigenvalue weighted by Gasteiger charge is 2.29. The van der Waals surface area contributed by atoms with Crippen molar-refractivity contribution >= 4 is 34.8 Å². The molecule has 2 aromatic rings. The van der Waals surface area contributed by atoms with E-state index in [9.17, 15) is 14.7 Å². The van der Waals surface area contributed by atoms with Crippen molar-refractivity contribution < 1.29 is 19.4 Å². The molecule has 0 fully saturated rings. The zero-order chi connectivity index (χ0) is 21.8. The van der Waals surface area contributed by atoms with E-state index in [0.717, 1.165) is 29.0 Å². The van der Waals surface area contributed by atoms with Gasteiger partial charge >= 0.3 is 12.1 Å². The Kier molecular flexibility index (Phi) is 10.7. The number of carbonyl (C=O) groups excluding carboxylic acids is 1. The maximum Gasteiger partial charge on any atom is 0.408 e. The number of hydrogen-bond donors (Lipinski definition) is 3.